The monoisotopic (exact) mass is 450 g/mol. The number of hydrogen-bond acceptors (Lipinski definition) is 4. The maximum absolute atomic E-state index is 13.3. The van der Waals surface area contributed by atoms with E-state index in [4.69, 9.17) is 23.2 Å². The molecule has 0 heterocycles. The van der Waals surface area contributed by atoms with E-state index in [1.54, 1.807) is 0 Å². The van der Waals surface area contributed by atoms with Crippen LogP contribution < -0.4 is 10.2 Å². The molecule has 0 aromatic heterocycles. The van der Waals surface area contributed by atoms with Crippen molar-refractivity contribution < 1.29 is 32.6 Å². The Labute approximate surface area is 173 Å². The van der Waals surface area contributed by atoms with Crippen molar-refractivity contribution in [2.45, 2.75) is 11.8 Å². The van der Waals surface area contributed by atoms with Crippen molar-refractivity contribution in [3.05, 3.63) is 58.1 Å². The van der Waals surface area contributed by atoms with E-state index in [1.807, 2.05) is 0 Å². The average Bonchev–Trinajstić information content (AvgIpc) is 2.68. The number of alkyl halides is 3. The highest BCUT2D eigenvalue weighted by atomic mass is 35.5. The lowest BCUT2D eigenvalue weighted by atomic mass is 9.93. The molecule has 0 radical (unpaired) electrons. The average molecular weight is 451 g/mol. The highest BCUT2D eigenvalue weighted by Crippen LogP contribution is 2.40. The number of aliphatic hydroxyl groups is 1. The second-order valence-corrected chi connectivity index (χ2v) is 6.68. The standard InChI is InChI=1S/C18H15Cl2F3N2O4/c1-25(16(27)24-11-5-8-13(19)14(20)9-11)12-6-3-10(4-7-12)17(28,15(26)29-2)18(21,22)23/h3-9,28H,1-2H3,(H,24,27)/t17-/m1/s1. The molecule has 29 heavy (non-hydrogen) atoms. The first-order valence-electron chi connectivity index (χ1n) is 7.89. The highest BCUT2D eigenvalue weighted by Gasteiger charge is 2.62. The van der Waals surface area contributed by atoms with Crippen molar-refractivity contribution in [2.24, 2.45) is 0 Å². The molecule has 0 saturated carbocycles. The lowest BCUT2D eigenvalue weighted by Crippen LogP contribution is -2.49. The fourth-order valence-electron chi connectivity index (χ4n) is 2.37. The van der Waals surface area contributed by atoms with Crippen LogP contribution in [0.3, 0.4) is 0 Å². The summed E-state index contributed by atoms with van der Waals surface area (Å²) < 4.78 is 43.9. The van der Waals surface area contributed by atoms with Gasteiger partial charge in [0.15, 0.2) is 0 Å². The third-order valence-corrected chi connectivity index (χ3v) is 4.78. The van der Waals surface area contributed by atoms with Gasteiger partial charge in [-0.1, -0.05) is 35.3 Å². The number of carbonyl (C=O) groups is 2. The van der Waals surface area contributed by atoms with Crippen LogP contribution in [0.2, 0.25) is 10.0 Å². The van der Waals surface area contributed by atoms with Gasteiger partial charge < -0.3 is 15.2 Å². The number of anilines is 2. The summed E-state index contributed by atoms with van der Waals surface area (Å²) in [6, 6.07) is 7.86. The van der Waals surface area contributed by atoms with Gasteiger partial charge in [0, 0.05) is 24.0 Å². The number of benzene rings is 2. The minimum absolute atomic E-state index is 0.195. The molecule has 2 rings (SSSR count). The van der Waals surface area contributed by atoms with E-state index >= 15 is 0 Å². The molecule has 2 amide bonds. The molecule has 0 fully saturated rings. The van der Waals surface area contributed by atoms with Crippen LogP contribution in [0.4, 0.5) is 29.3 Å². The van der Waals surface area contributed by atoms with Crippen LogP contribution in [0.15, 0.2) is 42.5 Å². The van der Waals surface area contributed by atoms with Crippen LogP contribution >= 0.6 is 23.2 Å². The number of halogens is 5. The zero-order valence-electron chi connectivity index (χ0n) is 15.1. The molecule has 0 aliphatic rings. The Morgan fingerprint density at radius 3 is 2.14 bits per heavy atom. The molecule has 0 saturated heterocycles. The number of nitrogens with zero attached hydrogens (tertiary/aromatic N) is 1. The minimum atomic E-state index is -5.31. The molecule has 0 aliphatic heterocycles. The van der Waals surface area contributed by atoms with Crippen molar-refractivity contribution in [3.8, 4) is 0 Å². The van der Waals surface area contributed by atoms with E-state index in [0.717, 1.165) is 36.3 Å². The smallest absolute Gasteiger partial charge is 0.432 e. The second kappa shape index (κ2) is 8.48. The van der Waals surface area contributed by atoms with E-state index in [0.29, 0.717) is 10.7 Å². The lowest BCUT2D eigenvalue weighted by Gasteiger charge is -2.28. The Balaban J connectivity index is 2.25. The van der Waals surface area contributed by atoms with Gasteiger partial charge >= 0.3 is 18.2 Å². The first kappa shape index (κ1) is 22.8. The van der Waals surface area contributed by atoms with E-state index in [9.17, 15) is 27.9 Å². The number of amides is 2. The number of hydrogen-bond donors (Lipinski definition) is 2. The molecule has 2 N–H and O–H groups in total. The van der Waals surface area contributed by atoms with Gasteiger partial charge in [-0.2, -0.15) is 13.2 Å². The Hall–Kier alpha value is -2.49. The van der Waals surface area contributed by atoms with Gasteiger partial charge in [0.1, 0.15) is 0 Å². The normalized spacial score (nSPS) is 13.4. The maximum atomic E-state index is 13.3. The van der Waals surface area contributed by atoms with Gasteiger partial charge in [0.2, 0.25) is 0 Å². The number of methoxy groups -OCH3 is 1. The van der Waals surface area contributed by atoms with Crippen molar-refractivity contribution in [2.75, 3.05) is 24.4 Å². The fraction of sp³-hybridized carbons (Fsp3) is 0.222. The van der Waals surface area contributed by atoms with Crippen molar-refractivity contribution in [1.29, 1.82) is 0 Å². The van der Waals surface area contributed by atoms with Crippen molar-refractivity contribution >= 4 is 46.6 Å². The van der Waals surface area contributed by atoms with Crippen LogP contribution in [-0.4, -0.2) is 37.4 Å². The highest BCUT2D eigenvalue weighted by molar-refractivity contribution is 6.42. The summed E-state index contributed by atoms with van der Waals surface area (Å²) in [5, 5.41) is 13.0. The third-order valence-electron chi connectivity index (χ3n) is 4.04. The summed E-state index contributed by atoms with van der Waals surface area (Å²) in [5.74, 6) is -1.87. The second-order valence-electron chi connectivity index (χ2n) is 5.86. The topological polar surface area (TPSA) is 78.9 Å². The van der Waals surface area contributed by atoms with Crippen molar-refractivity contribution in [1.82, 2.24) is 0 Å². The number of urea groups is 1. The Morgan fingerprint density at radius 1 is 1.07 bits per heavy atom. The summed E-state index contributed by atoms with van der Waals surface area (Å²) in [6.45, 7) is 0. The van der Waals surface area contributed by atoms with Crippen LogP contribution in [0, 0.1) is 0 Å². The van der Waals surface area contributed by atoms with E-state index in [2.05, 4.69) is 10.1 Å². The molecule has 156 valence electrons. The molecular weight excluding hydrogens is 436 g/mol. The number of carbonyl (C=O) groups excluding carboxylic acids is 2. The summed E-state index contributed by atoms with van der Waals surface area (Å²) in [7, 11) is 2.10. The van der Waals surface area contributed by atoms with Crippen LogP contribution in [0.25, 0.3) is 0 Å². The molecule has 0 spiro atoms. The Bertz CT molecular complexity index is 922. The molecule has 0 unspecified atom stereocenters. The molecule has 2 aromatic rings. The SMILES string of the molecule is COC(=O)[C@](O)(c1ccc(N(C)C(=O)Nc2ccc(Cl)c(Cl)c2)cc1)C(F)(F)F. The van der Waals surface area contributed by atoms with E-state index in [1.165, 1.54) is 25.2 Å². The summed E-state index contributed by atoms with van der Waals surface area (Å²) in [6.07, 6.45) is -5.31. The number of nitrogens with one attached hydrogen (secondary N) is 1. The van der Waals surface area contributed by atoms with Gasteiger partial charge in [-0.3, -0.25) is 4.90 Å². The van der Waals surface area contributed by atoms with Crippen LogP contribution in [0.5, 0.6) is 0 Å². The summed E-state index contributed by atoms with van der Waals surface area (Å²) >= 11 is 11.7. The Morgan fingerprint density at radius 2 is 1.66 bits per heavy atom. The summed E-state index contributed by atoms with van der Waals surface area (Å²) in [5.41, 5.74) is -4.04. The molecule has 0 aliphatic carbocycles. The third kappa shape index (κ3) is 4.58. The summed E-state index contributed by atoms with van der Waals surface area (Å²) in [4.78, 5) is 25.0. The zero-order chi connectivity index (χ0) is 22.0. The number of ether oxygens (including phenoxy) is 1. The largest absolute Gasteiger partial charge is 0.466 e. The first-order chi connectivity index (χ1) is 13.4. The molecule has 0 bridgehead atoms. The molecular formula is C18H15Cl2F3N2O4. The van der Waals surface area contributed by atoms with E-state index < -0.39 is 29.3 Å². The quantitative estimate of drug-likeness (QED) is 0.667. The lowest BCUT2D eigenvalue weighted by molar-refractivity contribution is -0.266. The van der Waals surface area contributed by atoms with Gasteiger partial charge in [0.05, 0.1) is 17.2 Å². The van der Waals surface area contributed by atoms with E-state index in [-0.39, 0.29) is 10.7 Å². The molecule has 6 nitrogen and oxygen atoms in total. The first-order valence-corrected chi connectivity index (χ1v) is 8.65. The number of esters is 1. The zero-order valence-corrected chi connectivity index (χ0v) is 16.6. The van der Waals surface area contributed by atoms with Gasteiger partial charge in [-0.15, -0.1) is 0 Å². The molecule has 1 atom stereocenters. The molecule has 11 heteroatoms. The predicted octanol–water partition coefficient (Wildman–Crippen LogP) is 4.58. The number of rotatable bonds is 4. The van der Waals surface area contributed by atoms with Gasteiger partial charge in [-0.25, -0.2) is 9.59 Å². The van der Waals surface area contributed by atoms with Crippen LogP contribution in [0.1, 0.15) is 5.56 Å². The van der Waals surface area contributed by atoms with Crippen molar-refractivity contribution in [3.63, 3.8) is 0 Å². The minimum Gasteiger partial charge on any atom is -0.466 e. The Kier molecular flexibility index (Phi) is 6.67. The molecule has 2 aromatic carbocycles. The van der Waals surface area contributed by atoms with Gasteiger partial charge in [0.25, 0.3) is 5.60 Å². The van der Waals surface area contributed by atoms with Gasteiger partial charge in [-0.05, 0) is 30.3 Å². The fourth-order valence-corrected chi connectivity index (χ4v) is 2.67. The van der Waals surface area contributed by atoms with Crippen LogP contribution in [-0.2, 0) is 15.1 Å². The predicted molar refractivity (Wildman–Crippen MR) is 102 cm³/mol. The maximum Gasteiger partial charge on any atom is 0.432 e.